The fourth-order valence-electron chi connectivity index (χ4n) is 2.67. The first-order chi connectivity index (χ1) is 11.6. The SMILES string of the molecule is CCCS(=O)(=O)Nc1ccc(S(=O)(=O)N2CCCC2C(=O)O)c(F)c1. The standard InChI is InChI=1S/C14H19FN2O6S2/c1-2-8-24(20,21)16-10-5-6-13(11(15)9-10)25(22,23)17-7-3-4-12(17)14(18)19/h5-6,9,12,16H,2-4,7-8H2,1H3,(H,18,19). The monoisotopic (exact) mass is 394 g/mol. The lowest BCUT2D eigenvalue weighted by Crippen LogP contribution is -2.40. The van der Waals surface area contributed by atoms with Gasteiger partial charge in [-0.25, -0.2) is 21.2 Å². The normalized spacial score (nSPS) is 19.0. The number of aliphatic carboxylic acids is 1. The van der Waals surface area contributed by atoms with Gasteiger partial charge in [-0.3, -0.25) is 9.52 Å². The number of anilines is 1. The second-order valence-electron chi connectivity index (χ2n) is 5.68. The van der Waals surface area contributed by atoms with Crippen molar-refractivity contribution in [3.05, 3.63) is 24.0 Å². The Kier molecular flexibility index (Phi) is 5.69. The number of nitrogens with one attached hydrogen (secondary N) is 1. The average molecular weight is 394 g/mol. The van der Waals surface area contributed by atoms with E-state index in [-0.39, 0.29) is 24.4 Å². The molecular formula is C14H19FN2O6S2. The largest absolute Gasteiger partial charge is 0.480 e. The van der Waals surface area contributed by atoms with Crippen LogP contribution in [0, 0.1) is 5.82 Å². The van der Waals surface area contributed by atoms with Gasteiger partial charge in [0.15, 0.2) is 0 Å². The van der Waals surface area contributed by atoms with Gasteiger partial charge in [0.2, 0.25) is 20.0 Å². The summed E-state index contributed by atoms with van der Waals surface area (Å²) in [5.41, 5.74) is -0.0962. The van der Waals surface area contributed by atoms with Crippen molar-refractivity contribution < 1.29 is 31.1 Å². The lowest BCUT2D eigenvalue weighted by atomic mass is 10.2. The van der Waals surface area contributed by atoms with Crippen molar-refractivity contribution in [1.29, 1.82) is 0 Å². The third-order valence-electron chi connectivity index (χ3n) is 3.75. The van der Waals surface area contributed by atoms with Crippen LogP contribution in [0.2, 0.25) is 0 Å². The molecule has 1 aromatic carbocycles. The predicted molar refractivity (Wildman–Crippen MR) is 88.7 cm³/mol. The fraction of sp³-hybridized carbons (Fsp3) is 0.500. The fourth-order valence-corrected chi connectivity index (χ4v) is 5.50. The van der Waals surface area contributed by atoms with Crippen LogP contribution in [-0.2, 0) is 24.8 Å². The van der Waals surface area contributed by atoms with E-state index in [2.05, 4.69) is 4.72 Å². The Labute approximate surface area is 145 Å². The van der Waals surface area contributed by atoms with E-state index >= 15 is 0 Å². The smallest absolute Gasteiger partial charge is 0.322 e. The maximum atomic E-state index is 14.3. The van der Waals surface area contributed by atoms with Crippen molar-refractivity contribution in [2.75, 3.05) is 17.0 Å². The molecule has 0 bridgehead atoms. The minimum atomic E-state index is -4.33. The van der Waals surface area contributed by atoms with Gasteiger partial charge in [0.25, 0.3) is 0 Å². The van der Waals surface area contributed by atoms with E-state index in [0.717, 1.165) is 22.5 Å². The molecule has 0 aromatic heterocycles. The second-order valence-corrected chi connectivity index (χ2v) is 9.38. The number of carboxylic acid groups (broad SMARTS) is 1. The van der Waals surface area contributed by atoms with Crippen molar-refractivity contribution >= 4 is 31.7 Å². The van der Waals surface area contributed by atoms with E-state index in [1.54, 1.807) is 6.92 Å². The summed E-state index contributed by atoms with van der Waals surface area (Å²) >= 11 is 0. The van der Waals surface area contributed by atoms with E-state index in [0.29, 0.717) is 12.8 Å². The average Bonchev–Trinajstić information content (AvgIpc) is 2.96. The molecule has 25 heavy (non-hydrogen) atoms. The van der Waals surface area contributed by atoms with E-state index in [1.807, 2.05) is 0 Å². The van der Waals surface area contributed by atoms with Crippen LogP contribution in [0.25, 0.3) is 0 Å². The minimum Gasteiger partial charge on any atom is -0.480 e. The molecule has 140 valence electrons. The number of carbonyl (C=O) groups is 1. The van der Waals surface area contributed by atoms with Gasteiger partial charge >= 0.3 is 5.97 Å². The molecule has 0 amide bonds. The summed E-state index contributed by atoms with van der Waals surface area (Å²) < 4.78 is 65.7. The van der Waals surface area contributed by atoms with E-state index in [1.165, 1.54) is 0 Å². The molecule has 0 aliphatic carbocycles. The number of sulfonamides is 2. The van der Waals surface area contributed by atoms with Crippen molar-refractivity contribution in [2.24, 2.45) is 0 Å². The van der Waals surface area contributed by atoms with E-state index in [9.17, 15) is 26.0 Å². The summed E-state index contributed by atoms with van der Waals surface area (Å²) in [7, 11) is -7.97. The molecule has 1 unspecified atom stereocenters. The van der Waals surface area contributed by atoms with Crippen LogP contribution >= 0.6 is 0 Å². The summed E-state index contributed by atoms with van der Waals surface area (Å²) in [6.07, 6.45) is 0.896. The number of rotatable bonds is 7. The molecule has 8 nitrogen and oxygen atoms in total. The van der Waals surface area contributed by atoms with Gasteiger partial charge in [-0.05, 0) is 37.5 Å². The van der Waals surface area contributed by atoms with Crippen LogP contribution in [-0.4, -0.2) is 50.6 Å². The van der Waals surface area contributed by atoms with Crippen LogP contribution in [0.3, 0.4) is 0 Å². The Hall–Kier alpha value is -1.72. The first kappa shape index (κ1) is 19.6. The first-order valence-corrected chi connectivity index (χ1v) is 10.7. The molecule has 0 saturated carbocycles. The van der Waals surface area contributed by atoms with Gasteiger partial charge in [-0.15, -0.1) is 0 Å². The number of halogens is 1. The van der Waals surface area contributed by atoms with E-state index in [4.69, 9.17) is 5.11 Å². The predicted octanol–water partition coefficient (Wildman–Crippen LogP) is 1.22. The maximum absolute atomic E-state index is 14.3. The molecule has 1 heterocycles. The van der Waals surface area contributed by atoms with Gasteiger partial charge in [-0.2, -0.15) is 4.31 Å². The maximum Gasteiger partial charge on any atom is 0.322 e. The lowest BCUT2D eigenvalue weighted by Gasteiger charge is -2.21. The molecule has 0 radical (unpaired) electrons. The highest BCUT2D eigenvalue weighted by Gasteiger charge is 2.40. The highest BCUT2D eigenvalue weighted by atomic mass is 32.2. The molecule has 1 fully saturated rings. The molecule has 1 aliphatic rings. The van der Waals surface area contributed by atoms with Crippen molar-refractivity contribution in [2.45, 2.75) is 37.1 Å². The summed E-state index contributed by atoms with van der Waals surface area (Å²) in [6.45, 7) is 1.66. The van der Waals surface area contributed by atoms with Crippen LogP contribution < -0.4 is 4.72 Å². The summed E-state index contributed by atoms with van der Waals surface area (Å²) in [4.78, 5) is 10.5. The number of carboxylic acids is 1. The van der Waals surface area contributed by atoms with Crippen LogP contribution in [0.4, 0.5) is 10.1 Å². The first-order valence-electron chi connectivity index (χ1n) is 7.63. The van der Waals surface area contributed by atoms with Gasteiger partial charge in [-0.1, -0.05) is 6.92 Å². The molecule has 1 aliphatic heterocycles. The van der Waals surface area contributed by atoms with Gasteiger partial charge in [0, 0.05) is 6.54 Å². The van der Waals surface area contributed by atoms with Crippen molar-refractivity contribution in [3.63, 3.8) is 0 Å². The van der Waals surface area contributed by atoms with Gasteiger partial charge < -0.3 is 5.11 Å². The molecule has 11 heteroatoms. The molecule has 1 saturated heterocycles. The van der Waals surface area contributed by atoms with E-state index < -0.39 is 42.8 Å². The number of nitrogens with zero attached hydrogens (tertiary/aromatic N) is 1. The number of hydrogen-bond donors (Lipinski definition) is 2. The number of hydrogen-bond acceptors (Lipinski definition) is 5. The van der Waals surface area contributed by atoms with Crippen molar-refractivity contribution in [1.82, 2.24) is 4.31 Å². The van der Waals surface area contributed by atoms with Crippen LogP contribution in [0.5, 0.6) is 0 Å². The van der Waals surface area contributed by atoms with Gasteiger partial charge in [0.05, 0.1) is 11.4 Å². The second kappa shape index (κ2) is 7.26. The Morgan fingerprint density at radius 1 is 1.36 bits per heavy atom. The van der Waals surface area contributed by atoms with Crippen LogP contribution in [0.15, 0.2) is 23.1 Å². The Morgan fingerprint density at radius 3 is 2.60 bits per heavy atom. The topological polar surface area (TPSA) is 121 Å². The van der Waals surface area contributed by atoms with Gasteiger partial charge in [0.1, 0.15) is 16.8 Å². The summed E-state index contributed by atoms with van der Waals surface area (Å²) in [6, 6.07) is 1.61. The minimum absolute atomic E-state index is 0.0103. The number of benzene rings is 1. The summed E-state index contributed by atoms with van der Waals surface area (Å²) in [5, 5.41) is 9.11. The summed E-state index contributed by atoms with van der Waals surface area (Å²) in [5.74, 6) is -2.58. The zero-order valence-corrected chi connectivity index (χ0v) is 15.1. The molecular weight excluding hydrogens is 375 g/mol. The Morgan fingerprint density at radius 2 is 2.04 bits per heavy atom. The quantitative estimate of drug-likeness (QED) is 0.717. The highest BCUT2D eigenvalue weighted by molar-refractivity contribution is 7.92. The lowest BCUT2D eigenvalue weighted by molar-refractivity contribution is -0.140. The Balaban J connectivity index is 2.33. The van der Waals surface area contributed by atoms with Crippen molar-refractivity contribution in [3.8, 4) is 0 Å². The molecule has 2 N–H and O–H groups in total. The third-order valence-corrected chi connectivity index (χ3v) is 7.19. The molecule has 2 rings (SSSR count). The third kappa shape index (κ3) is 4.28. The zero-order chi connectivity index (χ0) is 18.8. The van der Waals surface area contributed by atoms with Crippen LogP contribution in [0.1, 0.15) is 26.2 Å². The molecule has 1 atom stereocenters. The molecule has 0 spiro atoms. The molecule has 1 aromatic rings. The zero-order valence-electron chi connectivity index (χ0n) is 13.5. The highest BCUT2D eigenvalue weighted by Crippen LogP contribution is 2.29. The Bertz CT molecular complexity index is 869.